The van der Waals surface area contributed by atoms with Crippen molar-refractivity contribution in [3.8, 4) is 5.75 Å². The number of carbonyl (C=O) groups is 1. The molecule has 5 heteroatoms. The molecule has 4 rings (SSSR count). The number of aromatic hydroxyl groups is 1. The van der Waals surface area contributed by atoms with Crippen LogP contribution < -0.4 is 5.43 Å². The summed E-state index contributed by atoms with van der Waals surface area (Å²) in [4.78, 5) is 12.2. The smallest absolute Gasteiger partial charge is 0.241 e. The number of fused-ring (bicyclic) bond motifs is 3. The number of carbonyl (C=O) groups excluding carboxylic acids is 1. The number of aryl methyl sites for hydroxylation is 1. The number of phenols is 1. The van der Waals surface area contributed by atoms with E-state index in [2.05, 4.69) is 39.4 Å². The highest BCUT2D eigenvalue weighted by Gasteiger charge is 2.10. The number of para-hydroxylation sites is 3. The lowest BCUT2D eigenvalue weighted by Gasteiger charge is -2.06. The Kier molecular flexibility index (Phi) is 4.58. The maximum Gasteiger partial charge on any atom is 0.241 e. The van der Waals surface area contributed by atoms with Crippen molar-refractivity contribution in [2.45, 2.75) is 13.0 Å². The van der Waals surface area contributed by atoms with Crippen molar-refractivity contribution in [3.05, 3.63) is 78.4 Å². The van der Waals surface area contributed by atoms with E-state index in [-0.39, 0.29) is 11.7 Å². The summed E-state index contributed by atoms with van der Waals surface area (Å²) in [7, 11) is 0. The van der Waals surface area contributed by atoms with Crippen molar-refractivity contribution in [1.29, 1.82) is 0 Å². The van der Waals surface area contributed by atoms with E-state index in [1.807, 2.05) is 24.3 Å². The normalized spacial score (nSPS) is 11.4. The summed E-state index contributed by atoms with van der Waals surface area (Å²) in [5, 5.41) is 16.0. The van der Waals surface area contributed by atoms with Gasteiger partial charge in [-0.2, -0.15) is 5.10 Å². The zero-order valence-electron chi connectivity index (χ0n) is 14.7. The monoisotopic (exact) mass is 357 g/mol. The third kappa shape index (κ3) is 3.40. The molecule has 0 saturated heterocycles. The molecule has 5 nitrogen and oxygen atoms in total. The van der Waals surface area contributed by atoms with Crippen molar-refractivity contribution in [3.63, 3.8) is 0 Å². The molecule has 4 aromatic rings. The summed E-state index contributed by atoms with van der Waals surface area (Å²) in [5.41, 5.74) is 5.31. The van der Waals surface area contributed by atoms with Crippen LogP contribution in [0.4, 0.5) is 0 Å². The lowest BCUT2D eigenvalue weighted by atomic mass is 10.2. The number of amides is 1. The number of aromatic nitrogens is 1. The fraction of sp³-hybridized carbons (Fsp3) is 0.0909. The second-order valence-corrected chi connectivity index (χ2v) is 6.29. The highest BCUT2D eigenvalue weighted by molar-refractivity contribution is 6.08. The molecule has 1 amide bonds. The van der Waals surface area contributed by atoms with Gasteiger partial charge in [-0.3, -0.25) is 4.79 Å². The first kappa shape index (κ1) is 16.8. The molecule has 0 aliphatic carbocycles. The Morgan fingerprint density at radius 3 is 2.19 bits per heavy atom. The van der Waals surface area contributed by atoms with Gasteiger partial charge in [0.05, 0.1) is 6.21 Å². The van der Waals surface area contributed by atoms with Crippen molar-refractivity contribution in [2.24, 2.45) is 5.10 Å². The van der Waals surface area contributed by atoms with Gasteiger partial charge >= 0.3 is 0 Å². The average molecular weight is 357 g/mol. The van der Waals surface area contributed by atoms with E-state index < -0.39 is 0 Å². The average Bonchev–Trinajstić information content (AvgIpc) is 3.02. The molecule has 27 heavy (non-hydrogen) atoms. The Bertz CT molecular complexity index is 1090. The summed E-state index contributed by atoms with van der Waals surface area (Å²) in [6, 6.07) is 23.3. The van der Waals surface area contributed by atoms with Gasteiger partial charge in [-0.15, -0.1) is 0 Å². The molecule has 0 fully saturated rings. The summed E-state index contributed by atoms with van der Waals surface area (Å²) in [6.45, 7) is 0.561. The quantitative estimate of drug-likeness (QED) is 0.418. The molecule has 0 aliphatic rings. The van der Waals surface area contributed by atoms with Gasteiger partial charge in [-0.1, -0.05) is 48.5 Å². The van der Waals surface area contributed by atoms with Crippen LogP contribution >= 0.6 is 0 Å². The number of hydrazone groups is 1. The third-order valence-electron chi connectivity index (χ3n) is 4.57. The number of nitrogens with zero attached hydrogens (tertiary/aromatic N) is 2. The number of hydrogen-bond acceptors (Lipinski definition) is 3. The summed E-state index contributed by atoms with van der Waals surface area (Å²) in [5.74, 6) is -0.0516. The SMILES string of the molecule is O=C(CCn1c2ccccc2c2ccccc21)N/N=C/c1ccccc1O. The zero-order valence-corrected chi connectivity index (χ0v) is 14.7. The fourth-order valence-electron chi connectivity index (χ4n) is 3.28. The molecule has 0 spiro atoms. The Balaban J connectivity index is 1.48. The molecule has 0 bridgehead atoms. The van der Waals surface area contributed by atoms with E-state index in [0.717, 1.165) is 11.0 Å². The standard InChI is InChI=1S/C22H19N3O2/c26-21-12-6-1-7-16(21)15-23-24-22(27)13-14-25-19-10-4-2-8-17(19)18-9-3-5-11-20(18)25/h1-12,15,26H,13-14H2,(H,24,27)/b23-15+. The lowest BCUT2D eigenvalue weighted by molar-refractivity contribution is -0.121. The summed E-state index contributed by atoms with van der Waals surface area (Å²) in [6.07, 6.45) is 1.74. The van der Waals surface area contributed by atoms with Crippen LogP contribution in [0.2, 0.25) is 0 Å². The number of phenolic OH excluding ortho intramolecular Hbond substituents is 1. The predicted molar refractivity (Wildman–Crippen MR) is 108 cm³/mol. The minimum absolute atomic E-state index is 0.126. The number of rotatable bonds is 5. The second-order valence-electron chi connectivity index (χ2n) is 6.29. The Hall–Kier alpha value is -3.60. The van der Waals surface area contributed by atoms with Gasteiger partial charge in [-0.05, 0) is 24.3 Å². The van der Waals surface area contributed by atoms with Crippen LogP contribution in [0.5, 0.6) is 5.75 Å². The minimum Gasteiger partial charge on any atom is -0.507 e. The van der Waals surface area contributed by atoms with Gasteiger partial charge in [0.2, 0.25) is 5.91 Å². The van der Waals surface area contributed by atoms with Crippen LogP contribution in [0, 0.1) is 0 Å². The van der Waals surface area contributed by atoms with Gasteiger partial charge in [0.15, 0.2) is 0 Å². The molecule has 0 radical (unpaired) electrons. The predicted octanol–water partition coefficient (Wildman–Crippen LogP) is 4.04. The van der Waals surface area contributed by atoms with E-state index in [1.165, 1.54) is 17.0 Å². The Morgan fingerprint density at radius 2 is 1.52 bits per heavy atom. The molecule has 1 aromatic heterocycles. The minimum atomic E-state index is -0.177. The van der Waals surface area contributed by atoms with Crippen LogP contribution in [0.3, 0.4) is 0 Å². The molecule has 134 valence electrons. The van der Waals surface area contributed by atoms with Gasteiger partial charge in [0.25, 0.3) is 0 Å². The van der Waals surface area contributed by atoms with Gasteiger partial charge < -0.3 is 9.67 Å². The van der Waals surface area contributed by atoms with E-state index in [4.69, 9.17) is 0 Å². The molecule has 2 N–H and O–H groups in total. The van der Waals surface area contributed by atoms with Crippen LogP contribution in [-0.2, 0) is 11.3 Å². The Labute approximate surface area is 156 Å². The first-order valence-electron chi connectivity index (χ1n) is 8.80. The van der Waals surface area contributed by atoms with E-state index in [1.54, 1.807) is 24.3 Å². The van der Waals surface area contributed by atoms with E-state index in [9.17, 15) is 9.90 Å². The lowest BCUT2D eigenvalue weighted by Crippen LogP contribution is -2.19. The largest absolute Gasteiger partial charge is 0.507 e. The topological polar surface area (TPSA) is 66.6 Å². The molecule has 3 aromatic carbocycles. The van der Waals surface area contributed by atoms with E-state index >= 15 is 0 Å². The maximum atomic E-state index is 12.2. The van der Waals surface area contributed by atoms with Crippen LogP contribution in [0.25, 0.3) is 21.8 Å². The fourth-order valence-corrected chi connectivity index (χ4v) is 3.28. The van der Waals surface area contributed by atoms with E-state index in [0.29, 0.717) is 18.5 Å². The molecule has 0 unspecified atom stereocenters. The first-order valence-corrected chi connectivity index (χ1v) is 8.80. The second kappa shape index (κ2) is 7.33. The van der Waals surface area contributed by atoms with Crippen molar-refractivity contribution < 1.29 is 9.90 Å². The van der Waals surface area contributed by atoms with Crippen LogP contribution in [0.15, 0.2) is 77.9 Å². The van der Waals surface area contributed by atoms with Crippen LogP contribution in [-0.4, -0.2) is 21.8 Å². The molecular weight excluding hydrogens is 338 g/mol. The highest BCUT2D eigenvalue weighted by Crippen LogP contribution is 2.28. The van der Waals surface area contributed by atoms with Crippen molar-refractivity contribution in [1.82, 2.24) is 9.99 Å². The van der Waals surface area contributed by atoms with Crippen LogP contribution in [0.1, 0.15) is 12.0 Å². The highest BCUT2D eigenvalue weighted by atomic mass is 16.3. The summed E-state index contributed by atoms with van der Waals surface area (Å²) >= 11 is 0. The molecule has 0 aliphatic heterocycles. The first-order chi connectivity index (χ1) is 13.2. The van der Waals surface area contributed by atoms with Crippen molar-refractivity contribution >= 4 is 33.9 Å². The van der Waals surface area contributed by atoms with Crippen molar-refractivity contribution in [2.75, 3.05) is 0 Å². The maximum absolute atomic E-state index is 12.2. The molecule has 0 saturated carbocycles. The number of benzene rings is 3. The zero-order chi connectivity index (χ0) is 18.6. The third-order valence-corrected chi connectivity index (χ3v) is 4.57. The van der Waals surface area contributed by atoms with Gasteiger partial charge in [0.1, 0.15) is 5.75 Å². The Morgan fingerprint density at radius 1 is 0.926 bits per heavy atom. The number of hydrogen-bond donors (Lipinski definition) is 2. The number of nitrogens with one attached hydrogen (secondary N) is 1. The molecular formula is C22H19N3O2. The van der Waals surface area contributed by atoms with Gasteiger partial charge in [-0.25, -0.2) is 5.43 Å². The summed E-state index contributed by atoms with van der Waals surface area (Å²) < 4.78 is 2.16. The molecule has 0 atom stereocenters. The van der Waals surface area contributed by atoms with Gasteiger partial charge in [0, 0.05) is 40.3 Å². The molecule has 1 heterocycles.